The number of nitrogens with zero attached hydrogens (tertiary/aromatic N) is 4. The van der Waals surface area contributed by atoms with Crippen LogP contribution < -0.4 is 11.1 Å². The molecule has 9 nitrogen and oxygen atoms in total. The van der Waals surface area contributed by atoms with Crippen LogP contribution >= 0.6 is 11.6 Å². The molecule has 3 N–H and O–H groups in total. The molecule has 0 aliphatic carbocycles. The topological polar surface area (TPSA) is 123 Å². The SMILES string of the molecule is CN(C)C(=O)c1nc(CNC(=O)CN)n(-c2ccc(Cl)cc2C(=O)c2ccccc2)n1. The van der Waals surface area contributed by atoms with Gasteiger partial charge in [-0.15, -0.1) is 5.10 Å². The molecule has 160 valence electrons. The fourth-order valence-corrected chi connectivity index (χ4v) is 2.98. The molecule has 0 unspecified atom stereocenters. The molecular weight excluding hydrogens is 420 g/mol. The molecule has 0 aliphatic heterocycles. The van der Waals surface area contributed by atoms with Gasteiger partial charge in [0.1, 0.15) is 0 Å². The van der Waals surface area contributed by atoms with Crippen LogP contribution in [-0.2, 0) is 11.3 Å². The quantitative estimate of drug-likeness (QED) is 0.536. The number of rotatable bonds is 7. The molecule has 0 atom stereocenters. The molecule has 2 aromatic carbocycles. The molecular formula is C21H21ClN6O3. The van der Waals surface area contributed by atoms with Crippen molar-refractivity contribution in [1.82, 2.24) is 25.0 Å². The summed E-state index contributed by atoms with van der Waals surface area (Å²) in [7, 11) is 3.15. The second-order valence-corrected chi connectivity index (χ2v) is 7.24. The Bertz CT molecular complexity index is 1130. The molecule has 0 aliphatic rings. The second kappa shape index (κ2) is 9.50. The lowest BCUT2D eigenvalue weighted by Crippen LogP contribution is -2.30. The van der Waals surface area contributed by atoms with Crippen molar-refractivity contribution in [3.05, 3.63) is 76.3 Å². The van der Waals surface area contributed by atoms with E-state index in [1.54, 1.807) is 50.5 Å². The van der Waals surface area contributed by atoms with Gasteiger partial charge in [0.25, 0.3) is 5.91 Å². The number of ketones is 1. The molecule has 1 heterocycles. The molecule has 3 rings (SSSR count). The number of carbonyl (C=O) groups excluding carboxylic acids is 3. The predicted octanol–water partition coefficient (Wildman–Crippen LogP) is 1.43. The Labute approximate surface area is 183 Å². The molecule has 2 amide bonds. The maximum atomic E-state index is 13.2. The third-order valence-corrected chi connectivity index (χ3v) is 4.60. The van der Waals surface area contributed by atoms with E-state index in [1.807, 2.05) is 6.07 Å². The van der Waals surface area contributed by atoms with Gasteiger partial charge in [-0.25, -0.2) is 9.67 Å². The van der Waals surface area contributed by atoms with E-state index in [9.17, 15) is 14.4 Å². The molecule has 10 heteroatoms. The van der Waals surface area contributed by atoms with Crippen molar-refractivity contribution in [3.8, 4) is 5.69 Å². The van der Waals surface area contributed by atoms with Gasteiger partial charge in [0.2, 0.25) is 11.7 Å². The third-order valence-electron chi connectivity index (χ3n) is 4.37. The van der Waals surface area contributed by atoms with Crippen molar-refractivity contribution in [2.24, 2.45) is 5.73 Å². The molecule has 3 aromatic rings. The maximum Gasteiger partial charge on any atom is 0.293 e. The molecule has 0 saturated carbocycles. The summed E-state index contributed by atoms with van der Waals surface area (Å²) >= 11 is 6.17. The molecule has 31 heavy (non-hydrogen) atoms. The first kappa shape index (κ1) is 22.1. The lowest BCUT2D eigenvalue weighted by Gasteiger charge is -2.12. The zero-order valence-corrected chi connectivity index (χ0v) is 17.8. The van der Waals surface area contributed by atoms with Gasteiger partial charge in [-0.05, 0) is 18.2 Å². The summed E-state index contributed by atoms with van der Waals surface area (Å²) in [5.74, 6) is -0.903. The minimum atomic E-state index is -0.421. The van der Waals surface area contributed by atoms with Crippen molar-refractivity contribution >= 4 is 29.2 Å². The third kappa shape index (κ3) is 4.96. The van der Waals surface area contributed by atoms with Crippen molar-refractivity contribution in [1.29, 1.82) is 0 Å². The molecule has 0 fully saturated rings. The Morgan fingerprint density at radius 1 is 1.13 bits per heavy atom. The summed E-state index contributed by atoms with van der Waals surface area (Å²) in [6.07, 6.45) is 0. The van der Waals surface area contributed by atoms with Crippen molar-refractivity contribution < 1.29 is 14.4 Å². The number of carbonyl (C=O) groups is 3. The summed E-state index contributed by atoms with van der Waals surface area (Å²) in [5.41, 5.74) is 6.47. The average Bonchev–Trinajstić information content (AvgIpc) is 3.20. The highest BCUT2D eigenvalue weighted by atomic mass is 35.5. The van der Waals surface area contributed by atoms with Crippen LogP contribution in [0.2, 0.25) is 5.02 Å². The first-order chi connectivity index (χ1) is 14.8. The normalized spacial score (nSPS) is 10.6. The second-order valence-electron chi connectivity index (χ2n) is 6.80. The van der Waals surface area contributed by atoms with Crippen LogP contribution in [0.4, 0.5) is 0 Å². The summed E-state index contributed by atoms with van der Waals surface area (Å²) in [6.45, 7) is -0.234. The Balaban J connectivity index is 2.13. The average molecular weight is 441 g/mol. The van der Waals surface area contributed by atoms with Gasteiger partial charge in [-0.1, -0.05) is 41.9 Å². The Hall–Kier alpha value is -3.56. The maximum absolute atomic E-state index is 13.2. The first-order valence-electron chi connectivity index (χ1n) is 9.36. The van der Waals surface area contributed by atoms with Gasteiger partial charge in [0, 0.05) is 30.2 Å². The highest BCUT2D eigenvalue weighted by Gasteiger charge is 2.23. The highest BCUT2D eigenvalue weighted by molar-refractivity contribution is 6.31. The summed E-state index contributed by atoms with van der Waals surface area (Å²) in [5, 5.41) is 7.28. The van der Waals surface area contributed by atoms with E-state index in [0.29, 0.717) is 16.3 Å². The Morgan fingerprint density at radius 3 is 2.48 bits per heavy atom. The molecule has 0 bridgehead atoms. The summed E-state index contributed by atoms with van der Waals surface area (Å²) < 4.78 is 1.36. The van der Waals surface area contributed by atoms with E-state index >= 15 is 0 Å². The van der Waals surface area contributed by atoms with E-state index in [1.165, 1.54) is 15.6 Å². The number of benzene rings is 2. The Kier molecular flexibility index (Phi) is 6.78. The highest BCUT2D eigenvalue weighted by Crippen LogP contribution is 2.24. The standard InChI is InChI=1S/C21H21ClN6O3/c1-27(2)21(31)20-25-17(12-24-18(29)11-23)28(26-20)16-9-8-14(22)10-15(16)19(30)13-6-4-3-5-7-13/h3-10H,11-12,23H2,1-2H3,(H,24,29). The van der Waals surface area contributed by atoms with Crippen LogP contribution in [0.1, 0.15) is 32.4 Å². The fourth-order valence-electron chi connectivity index (χ4n) is 2.81. The molecule has 1 aromatic heterocycles. The lowest BCUT2D eigenvalue weighted by atomic mass is 10.0. The smallest absolute Gasteiger partial charge is 0.293 e. The van der Waals surface area contributed by atoms with Crippen molar-refractivity contribution in [3.63, 3.8) is 0 Å². The number of hydrogen-bond acceptors (Lipinski definition) is 6. The number of nitrogens with two attached hydrogens (primary N) is 1. The number of nitrogens with one attached hydrogen (secondary N) is 1. The van der Waals surface area contributed by atoms with E-state index in [-0.39, 0.29) is 36.1 Å². The zero-order valence-electron chi connectivity index (χ0n) is 17.0. The van der Waals surface area contributed by atoms with E-state index in [2.05, 4.69) is 15.4 Å². The van der Waals surface area contributed by atoms with Crippen LogP contribution in [0.25, 0.3) is 5.69 Å². The zero-order chi connectivity index (χ0) is 22.5. The van der Waals surface area contributed by atoms with Gasteiger partial charge in [-0.3, -0.25) is 14.4 Å². The van der Waals surface area contributed by atoms with Gasteiger partial charge in [0.15, 0.2) is 11.6 Å². The number of halogens is 1. The number of aromatic nitrogens is 3. The molecule has 0 spiro atoms. The van der Waals surface area contributed by atoms with Crippen molar-refractivity contribution in [2.45, 2.75) is 6.54 Å². The number of hydrogen-bond donors (Lipinski definition) is 2. The van der Waals surface area contributed by atoms with Gasteiger partial charge in [-0.2, -0.15) is 0 Å². The Morgan fingerprint density at radius 2 is 1.84 bits per heavy atom. The van der Waals surface area contributed by atoms with E-state index in [4.69, 9.17) is 17.3 Å². The largest absolute Gasteiger partial charge is 0.348 e. The van der Waals surface area contributed by atoms with Gasteiger partial charge < -0.3 is 16.0 Å². The number of amides is 2. The van der Waals surface area contributed by atoms with Crippen LogP contribution in [-0.4, -0.2) is 57.9 Å². The lowest BCUT2D eigenvalue weighted by molar-refractivity contribution is -0.119. The van der Waals surface area contributed by atoms with Crippen molar-refractivity contribution in [2.75, 3.05) is 20.6 Å². The van der Waals surface area contributed by atoms with Gasteiger partial charge in [0.05, 0.1) is 18.8 Å². The monoisotopic (exact) mass is 440 g/mol. The minimum Gasteiger partial charge on any atom is -0.348 e. The summed E-state index contributed by atoms with van der Waals surface area (Å²) in [6, 6.07) is 13.5. The minimum absolute atomic E-state index is 0.0364. The van der Waals surface area contributed by atoms with E-state index in [0.717, 1.165) is 0 Å². The van der Waals surface area contributed by atoms with Crippen LogP contribution in [0.15, 0.2) is 48.5 Å². The molecule has 0 saturated heterocycles. The van der Waals surface area contributed by atoms with Gasteiger partial charge >= 0.3 is 0 Å². The predicted molar refractivity (Wildman–Crippen MR) is 115 cm³/mol. The van der Waals surface area contributed by atoms with Crippen LogP contribution in [0.3, 0.4) is 0 Å². The fraction of sp³-hybridized carbons (Fsp3) is 0.190. The van der Waals surface area contributed by atoms with Crippen LogP contribution in [0, 0.1) is 0 Å². The van der Waals surface area contributed by atoms with Crippen LogP contribution in [0.5, 0.6) is 0 Å². The molecule has 0 radical (unpaired) electrons. The first-order valence-corrected chi connectivity index (χ1v) is 9.73. The van der Waals surface area contributed by atoms with E-state index < -0.39 is 11.8 Å². The summed E-state index contributed by atoms with van der Waals surface area (Å²) in [4.78, 5) is 42.9.